The van der Waals surface area contributed by atoms with E-state index in [1.165, 1.54) is 69.8 Å². The molecule has 0 atom stereocenters. The molecular formula is C53H34BN3O2S. The summed E-state index contributed by atoms with van der Waals surface area (Å²) < 4.78 is 18.3. The summed E-state index contributed by atoms with van der Waals surface area (Å²) in [6.07, 6.45) is 0. The number of benzene rings is 8. The summed E-state index contributed by atoms with van der Waals surface area (Å²) >= 11 is 1.88. The average Bonchev–Trinajstić information content (AvgIpc) is 4.04. The van der Waals surface area contributed by atoms with Gasteiger partial charge in [0.2, 0.25) is 5.89 Å². The second-order valence-corrected chi connectivity index (χ2v) is 18.6. The fraction of sp³-hybridized carbons (Fsp3) is 0.0755. The lowest BCUT2D eigenvalue weighted by Crippen LogP contribution is -2.60. The fourth-order valence-electron chi connectivity index (χ4n) is 10.4. The lowest BCUT2D eigenvalue weighted by molar-refractivity contribution is 0.590. The number of aromatic nitrogens is 2. The first-order chi connectivity index (χ1) is 29.4. The van der Waals surface area contributed by atoms with Crippen molar-refractivity contribution in [1.29, 1.82) is 0 Å². The maximum absolute atomic E-state index is 6.66. The van der Waals surface area contributed by atoms with Crippen molar-refractivity contribution in [2.75, 3.05) is 4.81 Å². The van der Waals surface area contributed by atoms with Gasteiger partial charge in [0.25, 0.3) is 0 Å². The molecule has 0 radical (unpaired) electrons. The van der Waals surface area contributed by atoms with E-state index in [0.29, 0.717) is 5.89 Å². The molecule has 0 aliphatic carbocycles. The molecule has 282 valence electrons. The Kier molecular flexibility index (Phi) is 6.21. The maximum Gasteiger partial charge on any atom is 0.333 e. The molecule has 0 spiro atoms. The molecule has 7 heteroatoms. The number of anilines is 2. The summed E-state index contributed by atoms with van der Waals surface area (Å²) in [5.41, 5.74) is 16.5. The van der Waals surface area contributed by atoms with Crippen LogP contribution in [0.15, 0.2) is 160 Å². The first-order valence-electron chi connectivity index (χ1n) is 20.6. The predicted octanol–water partition coefficient (Wildman–Crippen LogP) is 13.4. The van der Waals surface area contributed by atoms with E-state index in [1.54, 1.807) is 0 Å². The number of para-hydroxylation sites is 1. The monoisotopic (exact) mass is 787 g/mol. The van der Waals surface area contributed by atoms with Crippen LogP contribution in [0.3, 0.4) is 0 Å². The van der Waals surface area contributed by atoms with Crippen LogP contribution in [-0.2, 0) is 5.41 Å². The van der Waals surface area contributed by atoms with Crippen LogP contribution < -0.4 is 15.7 Å². The molecule has 8 aromatic carbocycles. The zero-order valence-corrected chi connectivity index (χ0v) is 33.9. The van der Waals surface area contributed by atoms with Crippen molar-refractivity contribution in [2.45, 2.75) is 26.2 Å². The van der Waals surface area contributed by atoms with E-state index in [2.05, 4.69) is 158 Å². The molecule has 0 saturated heterocycles. The van der Waals surface area contributed by atoms with E-state index in [0.717, 1.165) is 55.5 Å². The third-order valence-electron chi connectivity index (χ3n) is 13.1. The Morgan fingerprint density at radius 2 is 1.37 bits per heavy atom. The third kappa shape index (κ3) is 4.29. The van der Waals surface area contributed by atoms with Gasteiger partial charge in [0.05, 0.1) is 11.0 Å². The van der Waals surface area contributed by atoms with Gasteiger partial charge >= 0.3 is 6.85 Å². The molecular weight excluding hydrogens is 753 g/mol. The second kappa shape index (κ2) is 11.3. The molecule has 0 unspecified atom stereocenters. The Hall–Kier alpha value is -7.09. The van der Waals surface area contributed by atoms with Crippen LogP contribution in [-0.4, -0.2) is 16.4 Å². The summed E-state index contributed by atoms with van der Waals surface area (Å²) in [6.45, 7) is 6.70. The topological polar surface area (TPSA) is 47.3 Å². The van der Waals surface area contributed by atoms with Gasteiger partial charge in [-0.05, 0) is 94.2 Å². The maximum atomic E-state index is 6.66. The van der Waals surface area contributed by atoms with Gasteiger partial charge in [-0.1, -0.05) is 99.6 Å². The first kappa shape index (κ1) is 32.8. The van der Waals surface area contributed by atoms with Crippen molar-refractivity contribution in [1.82, 2.24) is 9.55 Å². The summed E-state index contributed by atoms with van der Waals surface area (Å²) in [5.74, 6) is 0.621. The number of hydrogen-bond acceptors (Lipinski definition) is 5. The van der Waals surface area contributed by atoms with Gasteiger partial charge in [-0.3, -0.25) is 0 Å². The van der Waals surface area contributed by atoms with Gasteiger partial charge in [0.1, 0.15) is 16.7 Å². The number of oxazole rings is 1. The predicted molar refractivity (Wildman–Crippen MR) is 252 cm³/mol. The summed E-state index contributed by atoms with van der Waals surface area (Å²) in [7, 11) is 0. The van der Waals surface area contributed by atoms with Crippen LogP contribution >= 0.6 is 11.3 Å². The number of rotatable bonds is 2. The highest BCUT2D eigenvalue weighted by molar-refractivity contribution is 7.25. The van der Waals surface area contributed by atoms with E-state index in [4.69, 9.17) is 13.8 Å². The molecule has 4 aromatic heterocycles. The van der Waals surface area contributed by atoms with Gasteiger partial charge in [-0.2, -0.15) is 0 Å². The van der Waals surface area contributed by atoms with Crippen LogP contribution in [0.2, 0.25) is 0 Å². The number of furan rings is 1. The molecule has 0 N–H and O–H groups in total. The first-order valence-corrected chi connectivity index (χ1v) is 21.5. The Bertz CT molecular complexity index is 3830. The Balaban J connectivity index is 1.14. The molecule has 12 aromatic rings. The highest BCUT2D eigenvalue weighted by atomic mass is 32.1. The molecule has 0 saturated carbocycles. The Labute approximate surface area is 348 Å². The van der Waals surface area contributed by atoms with Crippen LogP contribution in [0, 0.1) is 0 Å². The van der Waals surface area contributed by atoms with Gasteiger partial charge in [0.15, 0.2) is 5.58 Å². The quantitative estimate of drug-likeness (QED) is 0.164. The molecule has 5 nitrogen and oxygen atoms in total. The van der Waals surface area contributed by atoms with Crippen molar-refractivity contribution >= 4 is 116 Å². The molecule has 6 heterocycles. The van der Waals surface area contributed by atoms with Gasteiger partial charge in [0, 0.05) is 76.0 Å². The minimum absolute atomic E-state index is 0.0246. The van der Waals surface area contributed by atoms with Crippen molar-refractivity contribution in [3.8, 4) is 28.3 Å². The SMILES string of the molecule is CC(C)(C)c1ccc(N2B3c4cc5nc(-c6ccccc6)oc5cc4-n4c5cc6c(cc5c5ccc(c3c54)-c3cc4sc5ccccc5c4cc32)oc2ccccc26)cc1. The zero-order valence-electron chi connectivity index (χ0n) is 33.1. The van der Waals surface area contributed by atoms with Crippen molar-refractivity contribution in [3.05, 3.63) is 157 Å². The van der Waals surface area contributed by atoms with E-state index < -0.39 is 0 Å². The van der Waals surface area contributed by atoms with E-state index in [-0.39, 0.29) is 12.3 Å². The number of nitrogens with zero attached hydrogens (tertiary/aromatic N) is 3. The Morgan fingerprint density at radius 1 is 0.567 bits per heavy atom. The lowest BCUT2D eigenvalue weighted by Gasteiger charge is -2.42. The molecule has 0 bridgehead atoms. The summed E-state index contributed by atoms with van der Waals surface area (Å²) in [6, 6.07) is 55.5. The molecule has 0 amide bonds. The van der Waals surface area contributed by atoms with Crippen LogP contribution in [0.5, 0.6) is 0 Å². The molecule has 60 heavy (non-hydrogen) atoms. The van der Waals surface area contributed by atoms with Crippen molar-refractivity contribution in [2.24, 2.45) is 0 Å². The van der Waals surface area contributed by atoms with Crippen molar-refractivity contribution < 1.29 is 8.83 Å². The average molecular weight is 788 g/mol. The van der Waals surface area contributed by atoms with Gasteiger partial charge in [-0.25, -0.2) is 4.98 Å². The fourth-order valence-corrected chi connectivity index (χ4v) is 11.5. The number of thiophene rings is 1. The Morgan fingerprint density at radius 3 is 2.22 bits per heavy atom. The zero-order chi connectivity index (χ0) is 39.6. The van der Waals surface area contributed by atoms with Gasteiger partial charge in [-0.15, -0.1) is 11.3 Å². The highest BCUT2D eigenvalue weighted by Crippen LogP contribution is 2.49. The highest BCUT2D eigenvalue weighted by Gasteiger charge is 2.44. The summed E-state index contributed by atoms with van der Waals surface area (Å²) in [5, 5.41) is 7.18. The van der Waals surface area contributed by atoms with E-state index in [1.807, 2.05) is 35.6 Å². The van der Waals surface area contributed by atoms with Crippen LogP contribution in [0.4, 0.5) is 11.4 Å². The van der Waals surface area contributed by atoms with Crippen LogP contribution in [0.25, 0.3) is 103 Å². The number of hydrogen-bond donors (Lipinski definition) is 0. The minimum atomic E-state index is -0.157. The normalized spacial score (nSPS) is 13.5. The standard InChI is InChI=1S/C53H34BN3O2S/c1-53(2,3)30-17-19-31(20-18-30)57-43-24-39-33-14-8-10-16-48(33)60-49(39)26-37(43)34-21-22-35-36-25-46-38(32-13-7-9-15-45(32)58-46)23-42(36)56-44-28-47-41(27-40(44)54(57)50(34)51(35)56)55-52(59-47)29-11-5-4-6-12-29/h4-28H,1-3H3. The van der Waals surface area contributed by atoms with Crippen LogP contribution in [0.1, 0.15) is 26.3 Å². The van der Waals surface area contributed by atoms with Gasteiger partial charge < -0.3 is 18.2 Å². The van der Waals surface area contributed by atoms with Crippen molar-refractivity contribution in [3.63, 3.8) is 0 Å². The molecule has 0 fully saturated rings. The molecule has 14 rings (SSSR count). The molecule has 2 aliphatic heterocycles. The third-order valence-corrected chi connectivity index (χ3v) is 14.3. The largest absolute Gasteiger partial charge is 0.456 e. The second-order valence-electron chi connectivity index (χ2n) is 17.5. The van der Waals surface area contributed by atoms with E-state index >= 15 is 0 Å². The molecule has 2 aliphatic rings. The summed E-state index contributed by atoms with van der Waals surface area (Å²) in [4.78, 5) is 7.78. The lowest BCUT2D eigenvalue weighted by atomic mass is 9.44. The smallest absolute Gasteiger partial charge is 0.333 e. The minimum Gasteiger partial charge on any atom is -0.456 e. The van der Waals surface area contributed by atoms with E-state index in [9.17, 15) is 0 Å². The number of fused-ring (bicyclic) bond motifs is 15.